The van der Waals surface area contributed by atoms with Crippen LogP contribution in [0.1, 0.15) is 75.7 Å². The molecule has 1 aromatic rings. The third kappa shape index (κ3) is 2.78. The van der Waals surface area contributed by atoms with Crippen molar-refractivity contribution in [2.45, 2.75) is 76.5 Å². The van der Waals surface area contributed by atoms with E-state index in [0.717, 1.165) is 38.5 Å². The smallest absolute Gasteiger partial charge is 0.223 e. The van der Waals surface area contributed by atoms with Crippen molar-refractivity contribution in [2.75, 3.05) is 7.11 Å². The molecule has 122 valence electrons. The number of rotatable bonds is 5. The van der Waals surface area contributed by atoms with E-state index in [4.69, 9.17) is 4.74 Å². The zero-order chi connectivity index (χ0) is 15.7. The largest absolute Gasteiger partial charge is 0.378 e. The van der Waals surface area contributed by atoms with E-state index in [9.17, 15) is 4.79 Å². The van der Waals surface area contributed by atoms with Crippen LogP contribution in [0.3, 0.4) is 0 Å². The third-order valence-corrected chi connectivity index (χ3v) is 5.19. The van der Waals surface area contributed by atoms with Crippen molar-refractivity contribution in [3.8, 4) is 0 Å². The summed E-state index contributed by atoms with van der Waals surface area (Å²) in [5, 5.41) is 7.75. The number of carbonyl (C=O) groups excluding carboxylic acids is 1. The van der Waals surface area contributed by atoms with E-state index in [1.165, 1.54) is 11.3 Å². The van der Waals surface area contributed by atoms with Gasteiger partial charge in [-0.25, -0.2) is 0 Å². The molecule has 2 aliphatic carbocycles. The molecule has 1 unspecified atom stereocenters. The monoisotopic (exact) mass is 305 g/mol. The summed E-state index contributed by atoms with van der Waals surface area (Å²) in [6, 6.07) is 0.410. The van der Waals surface area contributed by atoms with Crippen LogP contribution >= 0.6 is 0 Å². The van der Waals surface area contributed by atoms with Crippen LogP contribution in [0.4, 0.5) is 0 Å². The number of nitrogens with zero attached hydrogens (tertiary/aromatic N) is 2. The fourth-order valence-electron chi connectivity index (χ4n) is 3.73. The maximum absolute atomic E-state index is 12.5. The molecule has 1 amide bonds. The Morgan fingerprint density at radius 1 is 1.50 bits per heavy atom. The van der Waals surface area contributed by atoms with E-state index in [0.29, 0.717) is 12.5 Å². The molecule has 5 nitrogen and oxygen atoms in total. The summed E-state index contributed by atoms with van der Waals surface area (Å²) in [6.07, 6.45) is 8.77. The summed E-state index contributed by atoms with van der Waals surface area (Å²) in [7, 11) is 1.72. The summed E-state index contributed by atoms with van der Waals surface area (Å²) < 4.78 is 7.64. The van der Waals surface area contributed by atoms with Crippen molar-refractivity contribution >= 4 is 5.91 Å². The topological polar surface area (TPSA) is 56.1 Å². The number of hydrogen-bond acceptors (Lipinski definition) is 3. The Kier molecular flexibility index (Phi) is 4.26. The number of nitrogens with one attached hydrogen (secondary N) is 1. The number of carbonyl (C=O) groups is 1. The van der Waals surface area contributed by atoms with Crippen LogP contribution in [0, 0.1) is 0 Å². The molecule has 1 heterocycles. The lowest BCUT2D eigenvalue weighted by atomic mass is 9.77. The van der Waals surface area contributed by atoms with E-state index in [1.54, 1.807) is 7.11 Å². The molecule has 1 aromatic heterocycles. The lowest BCUT2D eigenvalue weighted by Gasteiger charge is -2.40. The molecular formula is C17H27N3O2. The van der Waals surface area contributed by atoms with Gasteiger partial charge >= 0.3 is 0 Å². The molecule has 1 N–H and O–H groups in total. The number of fused-ring (bicyclic) bond motifs is 1. The van der Waals surface area contributed by atoms with E-state index >= 15 is 0 Å². The molecule has 22 heavy (non-hydrogen) atoms. The zero-order valence-corrected chi connectivity index (χ0v) is 13.9. The first-order valence-corrected chi connectivity index (χ1v) is 8.45. The predicted octanol–water partition coefficient (Wildman–Crippen LogP) is 2.92. The van der Waals surface area contributed by atoms with Gasteiger partial charge in [0.1, 0.15) is 0 Å². The Balaban J connectivity index is 1.71. The van der Waals surface area contributed by atoms with Crippen LogP contribution < -0.4 is 5.32 Å². The van der Waals surface area contributed by atoms with Crippen LogP contribution in [0.25, 0.3) is 0 Å². The molecule has 1 saturated carbocycles. The van der Waals surface area contributed by atoms with Gasteiger partial charge in [0.25, 0.3) is 0 Å². The summed E-state index contributed by atoms with van der Waals surface area (Å²) in [5.41, 5.74) is 2.28. The minimum Gasteiger partial charge on any atom is -0.378 e. The Labute approximate surface area is 132 Å². The van der Waals surface area contributed by atoms with Gasteiger partial charge in [-0.3, -0.25) is 9.48 Å². The van der Waals surface area contributed by atoms with E-state index in [2.05, 4.69) is 28.9 Å². The fraction of sp³-hybridized carbons (Fsp3) is 0.765. The minimum absolute atomic E-state index is 0.0927. The standard InChI is InChI=1S/C17H27N3O2/c1-12(2)20-16-13(11-18-20)6-4-7-14(16)19-15(21)10-17(22-3)8-5-9-17/h11-12,14H,4-10H2,1-3H3,(H,19,21). The van der Waals surface area contributed by atoms with Gasteiger partial charge in [-0.1, -0.05) is 0 Å². The lowest BCUT2D eigenvalue weighted by molar-refractivity contribution is -0.135. The van der Waals surface area contributed by atoms with Gasteiger partial charge in [-0.15, -0.1) is 0 Å². The quantitative estimate of drug-likeness (QED) is 0.910. The second-order valence-electron chi connectivity index (χ2n) is 7.02. The van der Waals surface area contributed by atoms with Crippen molar-refractivity contribution in [3.63, 3.8) is 0 Å². The second-order valence-corrected chi connectivity index (χ2v) is 7.02. The molecule has 1 atom stereocenters. The van der Waals surface area contributed by atoms with Gasteiger partial charge in [0.05, 0.1) is 30.0 Å². The van der Waals surface area contributed by atoms with Gasteiger partial charge in [-0.05, 0) is 57.9 Å². The number of aromatic nitrogens is 2. The maximum Gasteiger partial charge on any atom is 0.223 e. The second kappa shape index (κ2) is 6.03. The average Bonchev–Trinajstić information content (AvgIpc) is 2.88. The Morgan fingerprint density at radius 3 is 2.86 bits per heavy atom. The number of ether oxygens (including phenoxy) is 1. The van der Waals surface area contributed by atoms with Gasteiger partial charge in [0, 0.05) is 13.2 Å². The summed E-state index contributed by atoms with van der Waals surface area (Å²) in [6.45, 7) is 4.27. The van der Waals surface area contributed by atoms with Crippen molar-refractivity contribution in [2.24, 2.45) is 0 Å². The molecule has 0 radical (unpaired) electrons. The molecule has 2 aliphatic rings. The van der Waals surface area contributed by atoms with Crippen molar-refractivity contribution < 1.29 is 9.53 Å². The van der Waals surface area contributed by atoms with Gasteiger partial charge in [0.15, 0.2) is 0 Å². The Hall–Kier alpha value is -1.36. The third-order valence-electron chi connectivity index (χ3n) is 5.19. The van der Waals surface area contributed by atoms with Crippen LogP contribution in [0.15, 0.2) is 6.20 Å². The van der Waals surface area contributed by atoms with Crippen LogP contribution in [0.2, 0.25) is 0 Å². The zero-order valence-electron chi connectivity index (χ0n) is 13.9. The summed E-state index contributed by atoms with van der Waals surface area (Å²) in [4.78, 5) is 12.5. The van der Waals surface area contributed by atoms with Crippen molar-refractivity contribution in [3.05, 3.63) is 17.5 Å². The predicted molar refractivity (Wildman–Crippen MR) is 84.6 cm³/mol. The minimum atomic E-state index is -0.208. The highest BCUT2D eigenvalue weighted by Crippen LogP contribution is 2.38. The molecule has 5 heteroatoms. The molecule has 3 rings (SSSR count). The normalized spacial score (nSPS) is 23.0. The van der Waals surface area contributed by atoms with E-state index < -0.39 is 0 Å². The van der Waals surface area contributed by atoms with Gasteiger partial charge < -0.3 is 10.1 Å². The van der Waals surface area contributed by atoms with Crippen LogP contribution in [-0.2, 0) is 16.0 Å². The molecule has 0 aliphatic heterocycles. The highest BCUT2D eigenvalue weighted by molar-refractivity contribution is 5.77. The molecule has 0 bridgehead atoms. The first kappa shape index (κ1) is 15.5. The highest BCUT2D eigenvalue weighted by atomic mass is 16.5. The summed E-state index contributed by atoms with van der Waals surface area (Å²) in [5.74, 6) is 0.107. The lowest BCUT2D eigenvalue weighted by Crippen LogP contribution is -2.45. The van der Waals surface area contributed by atoms with Gasteiger partial charge in [-0.2, -0.15) is 5.10 Å². The Morgan fingerprint density at radius 2 is 2.27 bits per heavy atom. The number of amides is 1. The summed E-state index contributed by atoms with van der Waals surface area (Å²) >= 11 is 0. The number of aryl methyl sites for hydroxylation is 1. The maximum atomic E-state index is 12.5. The van der Waals surface area contributed by atoms with Crippen molar-refractivity contribution in [1.82, 2.24) is 15.1 Å². The first-order valence-electron chi connectivity index (χ1n) is 8.45. The Bertz CT molecular complexity index is 541. The number of hydrogen-bond donors (Lipinski definition) is 1. The van der Waals surface area contributed by atoms with Gasteiger partial charge in [0.2, 0.25) is 5.91 Å². The van der Waals surface area contributed by atoms with E-state index in [-0.39, 0.29) is 17.6 Å². The SMILES string of the molecule is COC1(CC(=O)NC2CCCc3cnn(C(C)C)c32)CCC1. The van der Waals surface area contributed by atoms with Crippen LogP contribution in [0.5, 0.6) is 0 Å². The van der Waals surface area contributed by atoms with Crippen LogP contribution in [-0.4, -0.2) is 28.4 Å². The van der Waals surface area contributed by atoms with Crippen molar-refractivity contribution in [1.29, 1.82) is 0 Å². The molecule has 0 saturated heterocycles. The van der Waals surface area contributed by atoms with E-state index in [1.807, 2.05) is 6.20 Å². The average molecular weight is 305 g/mol. The molecule has 0 spiro atoms. The number of methoxy groups -OCH3 is 1. The first-order chi connectivity index (χ1) is 10.5. The highest BCUT2D eigenvalue weighted by Gasteiger charge is 2.39. The molecule has 0 aromatic carbocycles. The molecular weight excluding hydrogens is 278 g/mol. The molecule has 1 fully saturated rings. The fourth-order valence-corrected chi connectivity index (χ4v) is 3.73.